The Labute approximate surface area is 104 Å². The topological polar surface area (TPSA) is 29.9 Å². The molecule has 0 amide bonds. The average molecular weight is 254 g/mol. The summed E-state index contributed by atoms with van der Waals surface area (Å²) in [6.07, 6.45) is 3.59. The maximum absolute atomic E-state index is 13.6. The third-order valence-electron chi connectivity index (χ3n) is 2.41. The molecule has 0 aliphatic heterocycles. The molecule has 0 spiro atoms. The summed E-state index contributed by atoms with van der Waals surface area (Å²) in [7, 11) is 1.86. The monoisotopic (exact) mass is 253 g/mol. The maximum Gasteiger partial charge on any atom is 0.129 e. The first-order valence-corrected chi connectivity index (χ1v) is 5.66. The van der Waals surface area contributed by atoms with E-state index in [1.165, 1.54) is 6.07 Å². The molecule has 0 unspecified atom stereocenters. The fourth-order valence-corrected chi connectivity index (χ4v) is 1.77. The molecule has 90 valence electrons. The molecule has 1 N–H and O–H groups in total. The van der Waals surface area contributed by atoms with Gasteiger partial charge in [-0.15, -0.1) is 0 Å². The summed E-state index contributed by atoms with van der Waals surface area (Å²) < 4.78 is 15.4. The predicted octanol–water partition coefficient (Wildman–Crippen LogP) is 2.44. The van der Waals surface area contributed by atoms with Gasteiger partial charge in [0.05, 0.1) is 18.6 Å². The minimum Gasteiger partial charge on any atom is -0.333 e. The quantitative estimate of drug-likeness (QED) is 0.907. The van der Waals surface area contributed by atoms with Gasteiger partial charge in [-0.2, -0.15) is 0 Å². The number of imidazole rings is 1. The molecule has 0 fully saturated rings. The number of hydrogen-bond donors (Lipinski definition) is 1. The molecule has 0 saturated carbocycles. The fraction of sp³-hybridized carbons (Fsp3) is 0.250. The van der Waals surface area contributed by atoms with Crippen LogP contribution < -0.4 is 5.32 Å². The van der Waals surface area contributed by atoms with Gasteiger partial charge < -0.3 is 9.88 Å². The Bertz CT molecular complexity index is 510. The smallest absolute Gasteiger partial charge is 0.129 e. The predicted molar refractivity (Wildman–Crippen MR) is 65.5 cm³/mol. The van der Waals surface area contributed by atoms with Gasteiger partial charge in [-0.3, -0.25) is 0 Å². The molecule has 5 heteroatoms. The number of rotatable bonds is 4. The zero-order chi connectivity index (χ0) is 12.3. The van der Waals surface area contributed by atoms with Crippen molar-refractivity contribution in [1.82, 2.24) is 14.9 Å². The first-order chi connectivity index (χ1) is 8.19. The molecule has 2 rings (SSSR count). The Morgan fingerprint density at radius 1 is 1.47 bits per heavy atom. The van der Waals surface area contributed by atoms with Crippen LogP contribution >= 0.6 is 11.6 Å². The maximum atomic E-state index is 13.6. The minimum atomic E-state index is -0.290. The lowest BCUT2D eigenvalue weighted by atomic mass is 10.2. The molecule has 1 aromatic carbocycles. The highest BCUT2D eigenvalue weighted by atomic mass is 35.5. The Hall–Kier alpha value is -1.39. The van der Waals surface area contributed by atoms with Crippen LogP contribution in [-0.2, 0) is 13.1 Å². The minimum absolute atomic E-state index is 0.290. The van der Waals surface area contributed by atoms with Crippen molar-refractivity contribution in [2.75, 3.05) is 7.05 Å². The van der Waals surface area contributed by atoms with Gasteiger partial charge in [0, 0.05) is 23.3 Å². The molecular formula is C12H13ClFN3. The van der Waals surface area contributed by atoms with E-state index in [0.717, 1.165) is 5.69 Å². The molecule has 0 aliphatic rings. The van der Waals surface area contributed by atoms with E-state index in [0.29, 0.717) is 23.7 Å². The second-order valence-electron chi connectivity index (χ2n) is 3.80. The number of nitrogens with one attached hydrogen (secondary N) is 1. The van der Waals surface area contributed by atoms with E-state index in [4.69, 9.17) is 11.6 Å². The molecule has 0 saturated heterocycles. The summed E-state index contributed by atoms with van der Waals surface area (Å²) in [5.41, 5.74) is 1.53. The molecule has 1 heterocycles. The van der Waals surface area contributed by atoms with Crippen LogP contribution in [0, 0.1) is 5.82 Å². The van der Waals surface area contributed by atoms with Crippen LogP contribution in [0.25, 0.3) is 0 Å². The molecule has 0 aliphatic carbocycles. The molecule has 17 heavy (non-hydrogen) atoms. The summed E-state index contributed by atoms with van der Waals surface area (Å²) in [6, 6.07) is 4.70. The number of halogens is 2. The van der Waals surface area contributed by atoms with Crippen LogP contribution in [0.1, 0.15) is 11.3 Å². The van der Waals surface area contributed by atoms with Crippen molar-refractivity contribution in [3.8, 4) is 0 Å². The van der Waals surface area contributed by atoms with E-state index in [1.807, 2.05) is 17.8 Å². The van der Waals surface area contributed by atoms with E-state index >= 15 is 0 Å². The van der Waals surface area contributed by atoms with Crippen molar-refractivity contribution in [2.45, 2.75) is 13.1 Å². The number of benzene rings is 1. The van der Waals surface area contributed by atoms with Gasteiger partial charge in [-0.25, -0.2) is 9.37 Å². The second kappa shape index (κ2) is 5.29. The SMILES string of the molecule is CNCc1cn(Cc2ccc(Cl)cc2F)cn1. The van der Waals surface area contributed by atoms with Crippen molar-refractivity contribution >= 4 is 11.6 Å². The van der Waals surface area contributed by atoms with Crippen LogP contribution in [0.4, 0.5) is 4.39 Å². The van der Waals surface area contributed by atoms with Crippen molar-refractivity contribution < 1.29 is 4.39 Å². The Balaban J connectivity index is 2.13. The van der Waals surface area contributed by atoms with Crippen molar-refractivity contribution in [3.05, 3.63) is 52.8 Å². The number of aromatic nitrogens is 2. The van der Waals surface area contributed by atoms with Gasteiger partial charge in [-0.05, 0) is 19.2 Å². The van der Waals surface area contributed by atoms with Crippen molar-refractivity contribution in [3.63, 3.8) is 0 Å². The first kappa shape index (κ1) is 12.1. The van der Waals surface area contributed by atoms with Crippen LogP contribution in [0.3, 0.4) is 0 Å². The molecule has 2 aromatic rings. The molecule has 0 radical (unpaired) electrons. The Morgan fingerprint density at radius 3 is 3.00 bits per heavy atom. The van der Waals surface area contributed by atoms with Crippen LogP contribution in [0.5, 0.6) is 0 Å². The second-order valence-corrected chi connectivity index (χ2v) is 4.24. The number of nitrogens with zero attached hydrogens (tertiary/aromatic N) is 2. The lowest BCUT2D eigenvalue weighted by Gasteiger charge is -2.04. The van der Waals surface area contributed by atoms with Gasteiger partial charge in [0.1, 0.15) is 5.82 Å². The highest BCUT2D eigenvalue weighted by Crippen LogP contribution is 2.15. The average Bonchev–Trinajstić information content (AvgIpc) is 2.71. The summed E-state index contributed by atoms with van der Waals surface area (Å²) in [5, 5.41) is 3.42. The summed E-state index contributed by atoms with van der Waals surface area (Å²) in [4.78, 5) is 4.20. The number of hydrogen-bond acceptors (Lipinski definition) is 2. The van der Waals surface area contributed by atoms with E-state index in [-0.39, 0.29) is 5.82 Å². The standard InChI is InChI=1S/C12H13ClFN3/c1-15-5-11-7-17(8-16-11)6-9-2-3-10(13)4-12(9)14/h2-4,7-8,15H,5-6H2,1H3. The third kappa shape index (κ3) is 3.05. The summed E-state index contributed by atoms with van der Waals surface area (Å²) in [5.74, 6) is -0.290. The lowest BCUT2D eigenvalue weighted by Crippen LogP contribution is -2.05. The lowest BCUT2D eigenvalue weighted by molar-refractivity contribution is 0.599. The van der Waals surface area contributed by atoms with Gasteiger partial charge in [-0.1, -0.05) is 17.7 Å². The third-order valence-corrected chi connectivity index (χ3v) is 2.65. The molecule has 0 bridgehead atoms. The van der Waals surface area contributed by atoms with E-state index in [2.05, 4.69) is 10.3 Å². The van der Waals surface area contributed by atoms with E-state index in [9.17, 15) is 4.39 Å². The van der Waals surface area contributed by atoms with E-state index in [1.54, 1.807) is 18.5 Å². The highest BCUT2D eigenvalue weighted by molar-refractivity contribution is 6.30. The van der Waals surface area contributed by atoms with Crippen LogP contribution in [-0.4, -0.2) is 16.6 Å². The van der Waals surface area contributed by atoms with Crippen molar-refractivity contribution in [2.24, 2.45) is 0 Å². The highest BCUT2D eigenvalue weighted by Gasteiger charge is 2.04. The Morgan fingerprint density at radius 2 is 2.29 bits per heavy atom. The van der Waals surface area contributed by atoms with Crippen LogP contribution in [0.2, 0.25) is 5.02 Å². The van der Waals surface area contributed by atoms with Gasteiger partial charge >= 0.3 is 0 Å². The van der Waals surface area contributed by atoms with Crippen molar-refractivity contribution in [1.29, 1.82) is 0 Å². The summed E-state index contributed by atoms with van der Waals surface area (Å²) >= 11 is 5.70. The zero-order valence-electron chi connectivity index (χ0n) is 9.45. The van der Waals surface area contributed by atoms with Gasteiger partial charge in [0.2, 0.25) is 0 Å². The fourth-order valence-electron chi connectivity index (χ4n) is 1.61. The van der Waals surface area contributed by atoms with Gasteiger partial charge in [0.15, 0.2) is 0 Å². The molecular weight excluding hydrogens is 241 g/mol. The van der Waals surface area contributed by atoms with E-state index < -0.39 is 0 Å². The Kier molecular flexibility index (Phi) is 3.76. The molecule has 3 nitrogen and oxygen atoms in total. The first-order valence-electron chi connectivity index (χ1n) is 5.28. The van der Waals surface area contributed by atoms with Gasteiger partial charge in [0.25, 0.3) is 0 Å². The van der Waals surface area contributed by atoms with Crippen LogP contribution in [0.15, 0.2) is 30.7 Å². The molecule has 1 aromatic heterocycles. The normalized spacial score (nSPS) is 10.8. The largest absolute Gasteiger partial charge is 0.333 e. The summed E-state index contributed by atoms with van der Waals surface area (Å²) in [6.45, 7) is 1.16. The zero-order valence-corrected chi connectivity index (χ0v) is 10.2. The molecule has 0 atom stereocenters.